The molecule has 2 aromatic carbocycles. The van der Waals surface area contributed by atoms with Gasteiger partial charge in [0, 0.05) is 23.5 Å². The summed E-state index contributed by atoms with van der Waals surface area (Å²) in [7, 11) is 1.52. The quantitative estimate of drug-likeness (QED) is 0.272. The van der Waals surface area contributed by atoms with Gasteiger partial charge >= 0.3 is 0 Å². The Morgan fingerprint density at radius 1 is 1.17 bits per heavy atom. The molecule has 1 aliphatic rings. The van der Waals surface area contributed by atoms with Crippen LogP contribution in [0.15, 0.2) is 58.4 Å². The zero-order chi connectivity index (χ0) is 25.1. The molecule has 0 bridgehead atoms. The normalized spacial score (nSPS) is 15.5. The minimum atomic E-state index is -0.440. The number of hydrogen-bond acceptors (Lipinski definition) is 7. The highest BCUT2D eigenvalue weighted by molar-refractivity contribution is 8.18. The number of nitro groups is 1. The first-order chi connectivity index (χ1) is 16.8. The maximum absolute atomic E-state index is 12.6. The van der Waals surface area contributed by atoms with Crippen molar-refractivity contribution in [3.63, 3.8) is 0 Å². The molecule has 1 amide bonds. The van der Waals surface area contributed by atoms with Gasteiger partial charge in [-0.05, 0) is 80.6 Å². The average molecular weight is 493 g/mol. The number of thioether (sulfide) groups is 1. The van der Waals surface area contributed by atoms with Gasteiger partial charge in [-0.25, -0.2) is 4.99 Å². The van der Waals surface area contributed by atoms with Gasteiger partial charge in [0.15, 0.2) is 5.17 Å². The summed E-state index contributed by atoms with van der Waals surface area (Å²) in [5.74, 6) is 1.03. The molecule has 1 saturated heterocycles. The molecular weight excluding hydrogens is 468 g/mol. The zero-order valence-electron chi connectivity index (χ0n) is 19.7. The molecule has 2 heterocycles. The number of benzene rings is 2. The lowest BCUT2D eigenvalue weighted by atomic mass is 10.2. The van der Waals surface area contributed by atoms with E-state index in [0.29, 0.717) is 33.8 Å². The summed E-state index contributed by atoms with van der Waals surface area (Å²) >= 11 is 1.25. The van der Waals surface area contributed by atoms with Crippen LogP contribution in [0.2, 0.25) is 0 Å². The van der Waals surface area contributed by atoms with Crippen molar-refractivity contribution in [2.24, 2.45) is 4.99 Å². The molecule has 4 rings (SSSR count). The molecule has 1 N–H and O–H groups in total. The third-order valence-electron chi connectivity index (χ3n) is 5.40. The van der Waals surface area contributed by atoms with Crippen LogP contribution in [0.1, 0.15) is 23.9 Å². The number of non-ortho nitro benzene ring substituents is 1. The molecule has 0 saturated carbocycles. The van der Waals surface area contributed by atoms with Crippen LogP contribution in [0, 0.1) is 24.0 Å². The van der Waals surface area contributed by atoms with E-state index in [1.165, 1.54) is 31.0 Å². The second-order valence-electron chi connectivity index (χ2n) is 7.68. The van der Waals surface area contributed by atoms with Crippen LogP contribution < -0.4 is 14.8 Å². The van der Waals surface area contributed by atoms with Gasteiger partial charge in [0.25, 0.3) is 11.6 Å². The molecule has 35 heavy (non-hydrogen) atoms. The van der Waals surface area contributed by atoms with Gasteiger partial charge in [-0.2, -0.15) is 0 Å². The van der Waals surface area contributed by atoms with E-state index in [1.807, 2.05) is 55.7 Å². The van der Waals surface area contributed by atoms with E-state index in [9.17, 15) is 14.9 Å². The van der Waals surface area contributed by atoms with Crippen molar-refractivity contribution in [3.05, 3.63) is 80.5 Å². The highest BCUT2D eigenvalue weighted by Crippen LogP contribution is 2.34. The second-order valence-corrected chi connectivity index (χ2v) is 8.71. The van der Waals surface area contributed by atoms with Gasteiger partial charge in [0.05, 0.1) is 34.9 Å². The average Bonchev–Trinajstić information content (AvgIpc) is 3.32. The smallest absolute Gasteiger partial charge is 0.271 e. The molecular formula is C25H24N4O5S. The van der Waals surface area contributed by atoms with E-state index < -0.39 is 4.92 Å². The van der Waals surface area contributed by atoms with Gasteiger partial charge in [-0.15, -0.1) is 0 Å². The minimum absolute atomic E-state index is 0.0333. The lowest BCUT2D eigenvalue weighted by Crippen LogP contribution is -2.19. The number of aryl methyl sites for hydroxylation is 1. The van der Waals surface area contributed by atoms with Gasteiger partial charge in [0.1, 0.15) is 11.5 Å². The topological polar surface area (TPSA) is 108 Å². The number of ether oxygens (including phenoxy) is 2. The number of hydrogen-bond donors (Lipinski definition) is 1. The summed E-state index contributed by atoms with van der Waals surface area (Å²) < 4.78 is 12.8. The van der Waals surface area contributed by atoms with E-state index in [1.54, 1.807) is 12.1 Å². The predicted molar refractivity (Wildman–Crippen MR) is 137 cm³/mol. The first-order valence-corrected chi connectivity index (χ1v) is 11.7. The van der Waals surface area contributed by atoms with Crippen molar-refractivity contribution in [3.8, 4) is 17.2 Å². The van der Waals surface area contributed by atoms with Gasteiger partial charge < -0.3 is 19.4 Å². The first-order valence-electron chi connectivity index (χ1n) is 10.8. The number of aliphatic imine (C=N–C) groups is 1. The number of aromatic nitrogens is 1. The van der Waals surface area contributed by atoms with Crippen LogP contribution in [0.4, 0.5) is 11.4 Å². The number of amides is 1. The molecule has 0 aliphatic carbocycles. The Labute approximate surface area is 206 Å². The molecule has 0 unspecified atom stereocenters. The van der Waals surface area contributed by atoms with Crippen molar-refractivity contribution in [2.45, 2.75) is 20.8 Å². The number of methoxy groups -OCH3 is 1. The molecule has 0 spiro atoms. The Hall–Kier alpha value is -4.05. The molecule has 180 valence electrons. The lowest BCUT2D eigenvalue weighted by molar-refractivity contribution is -0.384. The number of nitrogens with one attached hydrogen (secondary N) is 1. The van der Waals surface area contributed by atoms with Crippen LogP contribution >= 0.6 is 11.8 Å². The van der Waals surface area contributed by atoms with E-state index >= 15 is 0 Å². The third-order valence-corrected chi connectivity index (χ3v) is 6.31. The van der Waals surface area contributed by atoms with Gasteiger partial charge in [-0.3, -0.25) is 14.9 Å². The van der Waals surface area contributed by atoms with Crippen molar-refractivity contribution in [1.29, 1.82) is 0 Å². The lowest BCUT2D eigenvalue weighted by Gasteiger charge is -2.13. The number of nitro benzene ring substituents is 1. The zero-order valence-corrected chi connectivity index (χ0v) is 20.5. The summed E-state index contributed by atoms with van der Waals surface area (Å²) in [4.78, 5) is 28.5. The molecule has 10 heteroatoms. The van der Waals surface area contributed by atoms with E-state index in [0.717, 1.165) is 22.7 Å². The predicted octanol–water partition coefficient (Wildman–Crippen LogP) is 5.30. The van der Waals surface area contributed by atoms with Crippen molar-refractivity contribution < 1.29 is 19.2 Å². The first kappa shape index (κ1) is 24.1. The highest BCUT2D eigenvalue weighted by Gasteiger charge is 2.25. The largest absolute Gasteiger partial charge is 0.495 e. The SMILES string of the molecule is CCOc1ccc(N=C2NC(=O)/C(=C\c3cc(C)n(-c4cc([N+](=O)[O-])ccc4OC)c3C)S2)cc1. The van der Waals surface area contributed by atoms with Crippen LogP contribution in [0.5, 0.6) is 11.5 Å². The summed E-state index contributed by atoms with van der Waals surface area (Å²) in [6.45, 7) is 6.30. The number of amidine groups is 1. The Morgan fingerprint density at radius 3 is 2.57 bits per heavy atom. The Bertz CT molecular complexity index is 1360. The van der Waals surface area contributed by atoms with E-state index in [-0.39, 0.29) is 11.6 Å². The molecule has 9 nitrogen and oxygen atoms in total. The van der Waals surface area contributed by atoms with Crippen LogP contribution in [-0.4, -0.2) is 34.3 Å². The fourth-order valence-corrected chi connectivity index (χ4v) is 4.63. The van der Waals surface area contributed by atoms with Gasteiger partial charge in [0.2, 0.25) is 0 Å². The molecule has 1 aliphatic heterocycles. The number of carbonyl (C=O) groups excluding carboxylic acids is 1. The van der Waals surface area contributed by atoms with Crippen LogP contribution in [-0.2, 0) is 4.79 Å². The number of nitrogens with zero attached hydrogens (tertiary/aromatic N) is 3. The summed E-state index contributed by atoms with van der Waals surface area (Å²) in [5.41, 5.74) is 3.71. The van der Waals surface area contributed by atoms with Crippen molar-refractivity contribution in [2.75, 3.05) is 13.7 Å². The van der Waals surface area contributed by atoms with Crippen LogP contribution in [0.25, 0.3) is 11.8 Å². The molecule has 0 radical (unpaired) electrons. The summed E-state index contributed by atoms with van der Waals surface area (Å²) in [6.07, 6.45) is 1.80. The number of rotatable bonds is 7. The Kier molecular flexibility index (Phi) is 6.92. The van der Waals surface area contributed by atoms with E-state index in [4.69, 9.17) is 9.47 Å². The number of carbonyl (C=O) groups is 1. The van der Waals surface area contributed by atoms with Crippen LogP contribution in [0.3, 0.4) is 0 Å². The molecule has 0 atom stereocenters. The summed E-state index contributed by atoms with van der Waals surface area (Å²) in [6, 6.07) is 13.7. The van der Waals surface area contributed by atoms with Crippen molar-refractivity contribution >= 4 is 40.3 Å². The molecule has 1 fully saturated rings. The van der Waals surface area contributed by atoms with Gasteiger partial charge in [-0.1, -0.05) is 0 Å². The highest BCUT2D eigenvalue weighted by atomic mass is 32.2. The second kappa shape index (κ2) is 10.1. The third kappa shape index (κ3) is 5.07. The maximum atomic E-state index is 12.6. The minimum Gasteiger partial charge on any atom is -0.495 e. The Balaban J connectivity index is 1.64. The fraction of sp³-hybridized carbons (Fsp3) is 0.200. The Morgan fingerprint density at radius 2 is 1.91 bits per heavy atom. The fourth-order valence-electron chi connectivity index (χ4n) is 3.79. The van der Waals surface area contributed by atoms with Crippen molar-refractivity contribution in [1.82, 2.24) is 9.88 Å². The maximum Gasteiger partial charge on any atom is 0.271 e. The molecule has 3 aromatic rings. The summed E-state index contributed by atoms with van der Waals surface area (Å²) in [5, 5.41) is 14.6. The monoisotopic (exact) mass is 492 g/mol. The molecule has 1 aromatic heterocycles. The standard InChI is InChI=1S/C25H24N4O5S/c1-5-34-20-9-6-18(7-10-20)26-25-27-24(30)23(35-25)13-17-12-15(2)28(16(17)3)21-14-19(29(31)32)8-11-22(21)33-4/h6-14H,5H2,1-4H3,(H,26,27,30)/b23-13+. The van der Waals surface area contributed by atoms with E-state index in [2.05, 4.69) is 10.3 Å².